The molecular formula is C18H18Cl2N2O4. The lowest BCUT2D eigenvalue weighted by molar-refractivity contribution is -0.133. The first-order valence-corrected chi connectivity index (χ1v) is 8.47. The summed E-state index contributed by atoms with van der Waals surface area (Å²) >= 11 is 11.8. The molecule has 8 heteroatoms. The Labute approximate surface area is 161 Å². The van der Waals surface area contributed by atoms with Crippen LogP contribution in [0.3, 0.4) is 0 Å². The Hall–Kier alpha value is -2.31. The SMILES string of the molecule is CC(=O)c1cc(C(=O)OCC(=O)N(C)Cc2ccc(Cl)c(Cl)c2)n(C)c1. The highest BCUT2D eigenvalue weighted by atomic mass is 35.5. The summed E-state index contributed by atoms with van der Waals surface area (Å²) in [5.74, 6) is -1.20. The van der Waals surface area contributed by atoms with Crippen molar-refractivity contribution in [3.63, 3.8) is 0 Å². The molecule has 1 heterocycles. The first-order valence-electron chi connectivity index (χ1n) is 7.71. The van der Waals surface area contributed by atoms with E-state index >= 15 is 0 Å². The highest BCUT2D eigenvalue weighted by Gasteiger charge is 2.18. The van der Waals surface area contributed by atoms with Gasteiger partial charge in [-0.15, -0.1) is 0 Å². The number of aryl methyl sites for hydroxylation is 1. The fourth-order valence-corrected chi connectivity index (χ4v) is 2.59. The minimum atomic E-state index is -0.670. The number of carbonyl (C=O) groups is 3. The van der Waals surface area contributed by atoms with Gasteiger partial charge >= 0.3 is 5.97 Å². The molecule has 0 aliphatic rings. The molecule has 0 saturated heterocycles. The molecular weight excluding hydrogens is 379 g/mol. The van der Waals surface area contributed by atoms with Crippen LogP contribution in [0.15, 0.2) is 30.5 Å². The number of esters is 1. The second kappa shape index (κ2) is 8.38. The molecule has 26 heavy (non-hydrogen) atoms. The molecule has 0 saturated carbocycles. The van der Waals surface area contributed by atoms with Crippen LogP contribution in [0.1, 0.15) is 33.3 Å². The van der Waals surface area contributed by atoms with E-state index < -0.39 is 12.6 Å². The predicted molar refractivity (Wildman–Crippen MR) is 98.6 cm³/mol. The third kappa shape index (κ3) is 4.86. The van der Waals surface area contributed by atoms with E-state index in [1.165, 1.54) is 28.7 Å². The number of rotatable bonds is 6. The van der Waals surface area contributed by atoms with E-state index in [1.807, 2.05) is 0 Å². The summed E-state index contributed by atoms with van der Waals surface area (Å²) in [6, 6.07) is 6.53. The number of aromatic nitrogens is 1. The number of nitrogens with zero attached hydrogens (tertiary/aromatic N) is 2. The van der Waals surface area contributed by atoms with Gasteiger partial charge in [0, 0.05) is 32.4 Å². The number of halogens is 2. The van der Waals surface area contributed by atoms with Gasteiger partial charge in [-0.3, -0.25) is 9.59 Å². The molecule has 6 nitrogen and oxygen atoms in total. The summed E-state index contributed by atoms with van der Waals surface area (Å²) < 4.78 is 6.55. The molecule has 0 N–H and O–H groups in total. The van der Waals surface area contributed by atoms with Crippen LogP contribution in [-0.4, -0.2) is 40.8 Å². The second-order valence-corrected chi connectivity index (χ2v) is 6.67. The largest absolute Gasteiger partial charge is 0.451 e. The van der Waals surface area contributed by atoms with Gasteiger partial charge in [-0.1, -0.05) is 29.3 Å². The fraction of sp³-hybridized carbons (Fsp3) is 0.278. The Morgan fingerprint density at radius 3 is 2.42 bits per heavy atom. The van der Waals surface area contributed by atoms with Gasteiger partial charge in [0.05, 0.1) is 10.0 Å². The standard InChI is InChI=1S/C18H18Cl2N2O4/c1-11(23)13-7-16(21(2)9-13)18(25)26-10-17(24)22(3)8-12-4-5-14(19)15(20)6-12/h4-7,9H,8,10H2,1-3H3. The minimum absolute atomic E-state index is 0.155. The van der Waals surface area contributed by atoms with Gasteiger partial charge < -0.3 is 14.2 Å². The molecule has 0 bridgehead atoms. The molecule has 0 unspecified atom stereocenters. The summed E-state index contributed by atoms with van der Waals surface area (Å²) in [5.41, 5.74) is 1.41. The lowest BCUT2D eigenvalue weighted by Crippen LogP contribution is -2.31. The van der Waals surface area contributed by atoms with E-state index in [9.17, 15) is 14.4 Å². The monoisotopic (exact) mass is 396 g/mol. The van der Waals surface area contributed by atoms with Gasteiger partial charge in [0.25, 0.3) is 5.91 Å². The van der Waals surface area contributed by atoms with Gasteiger partial charge in [-0.2, -0.15) is 0 Å². The maximum atomic E-state index is 12.2. The van der Waals surface area contributed by atoms with Crippen molar-refractivity contribution in [3.05, 3.63) is 57.3 Å². The molecule has 138 valence electrons. The van der Waals surface area contributed by atoms with Crippen LogP contribution >= 0.6 is 23.2 Å². The maximum absolute atomic E-state index is 12.2. The number of carbonyl (C=O) groups excluding carboxylic acids is 3. The summed E-state index contributed by atoms with van der Waals surface area (Å²) in [6.45, 7) is 1.30. The molecule has 0 spiro atoms. The average molecular weight is 397 g/mol. The number of ketones is 1. The predicted octanol–water partition coefficient (Wildman–Crippen LogP) is 3.35. The van der Waals surface area contributed by atoms with E-state index in [4.69, 9.17) is 27.9 Å². The Balaban J connectivity index is 1.93. The highest BCUT2D eigenvalue weighted by molar-refractivity contribution is 6.42. The zero-order valence-corrected chi connectivity index (χ0v) is 16.1. The van der Waals surface area contributed by atoms with Crippen LogP contribution in [0.5, 0.6) is 0 Å². The van der Waals surface area contributed by atoms with E-state index in [0.29, 0.717) is 22.2 Å². The molecule has 0 aliphatic carbocycles. The zero-order chi connectivity index (χ0) is 19.4. The number of ether oxygens (including phenoxy) is 1. The number of hydrogen-bond donors (Lipinski definition) is 0. The van der Waals surface area contributed by atoms with Crippen molar-refractivity contribution in [1.82, 2.24) is 9.47 Å². The van der Waals surface area contributed by atoms with Crippen molar-refractivity contribution in [3.8, 4) is 0 Å². The van der Waals surface area contributed by atoms with Crippen LogP contribution < -0.4 is 0 Å². The first-order chi connectivity index (χ1) is 12.2. The molecule has 0 atom stereocenters. The van der Waals surface area contributed by atoms with Crippen molar-refractivity contribution in [2.45, 2.75) is 13.5 Å². The smallest absolute Gasteiger partial charge is 0.355 e. The van der Waals surface area contributed by atoms with Crippen molar-refractivity contribution in [2.75, 3.05) is 13.7 Å². The summed E-state index contributed by atoms with van der Waals surface area (Å²) in [4.78, 5) is 37.1. The first kappa shape index (κ1) is 20.0. The van der Waals surface area contributed by atoms with Crippen LogP contribution in [0.2, 0.25) is 10.0 Å². The summed E-state index contributed by atoms with van der Waals surface area (Å²) in [5, 5.41) is 0.840. The van der Waals surface area contributed by atoms with E-state index in [2.05, 4.69) is 0 Å². The Morgan fingerprint density at radius 2 is 1.85 bits per heavy atom. The van der Waals surface area contributed by atoms with Gasteiger partial charge in [-0.05, 0) is 30.7 Å². The number of hydrogen-bond acceptors (Lipinski definition) is 4. The number of likely N-dealkylation sites (N-methyl/N-ethyl adjacent to an activating group) is 1. The molecule has 1 aromatic carbocycles. The Bertz CT molecular complexity index is 861. The third-order valence-corrected chi connectivity index (χ3v) is 4.52. The van der Waals surface area contributed by atoms with E-state index in [1.54, 1.807) is 32.3 Å². The number of amides is 1. The van der Waals surface area contributed by atoms with Crippen molar-refractivity contribution < 1.29 is 19.1 Å². The van der Waals surface area contributed by atoms with Crippen LogP contribution in [0, 0.1) is 0 Å². The maximum Gasteiger partial charge on any atom is 0.355 e. The van der Waals surface area contributed by atoms with Gasteiger partial charge in [-0.25, -0.2) is 4.79 Å². The minimum Gasteiger partial charge on any atom is -0.451 e. The molecule has 2 rings (SSSR count). The lowest BCUT2D eigenvalue weighted by atomic mass is 10.2. The second-order valence-electron chi connectivity index (χ2n) is 5.86. The third-order valence-electron chi connectivity index (χ3n) is 3.78. The van der Waals surface area contributed by atoms with E-state index in [0.717, 1.165) is 5.56 Å². The zero-order valence-electron chi connectivity index (χ0n) is 14.6. The molecule has 2 aromatic rings. The van der Waals surface area contributed by atoms with Crippen molar-refractivity contribution >= 4 is 40.9 Å². The van der Waals surface area contributed by atoms with Crippen LogP contribution in [0.25, 0.3) is 0 Å². The van der Waals surface area contributed by atoms with Gasteiger partial charge in [0.15, 0.2) is 12.4 Å². The molecule has 1 aromatic heterocycles. The summed E-state index contributed by atoms with van der Waals surface area (Å²) in [6.07, 6.45) is 1.54. The van der Waals surface area contributed by atoms with Crippen LogP contribution in [-0.2, 0) is 23.1 Å². The average Bonchev–Trinajstić information content (AvgIpc) is 2.98. The Morgan fingerprint density at radius 1 is 1.15 bits per heavy atom. The van der Waals surface area contributed by atoms with Gasteiger partial charge in [0.1, 0.15) is 5.69 Å². The van der Waals surface area contributed by atoms with Crippen molar-refractivity contribution in [1.29, 1.82) is 0 Å². The number of benzene rings is 1. The normalized spacial score (nSPS) is 10.5. The van der Waals surface area contributed by atoms with Gasteiger partial charge in [0.2, 0.25) is 0 Å². The quantitative estimate of drug-likeness (QED) is 0.554. The highest BCUT2D eigenvalue weighted by Crippen LogP contribution is 2.23. The molecule has 0 fully saturated rings. The lowest BCUT2D eigenvalue weighted by Gasteiger charge is -2.17. The van der Waals surface area contributed by atoms with E-state index in [-0.39, 0.29) is 17.4 Å². The topological polar surface area (TPSA) is 68.6 Å². The Kier molecular flexibility index (Phi) is 6.45. The molecule has 0 radical (unpaired) electrons. The molecule has 1 amide bonds. The molecule has 0 aliphatic heterocycles. The van der Waals surface area contributed by atoms with Crippen LogP contribution in [0.4, 0.5) is 0 Å². The van der Waals surface area contributed by atoms with Crippen molar-refractivity contribution in [2.24, 2.45) is 7.05 Å². The number of Topliss-reactive ketones (excluding diaryl/α,β-unsaturated/α-hetero) is 1. The fourth-order valence-electron chi connectivity index (χ4n) is 2.27. The summed E-state index contributed by atoms with van der Waals surface area (Å²) in [7, 11) is 3.22.